The Morgan fingerprint density at radius 3 is 2.83 bits per heavy atom. The van der Waals surface area contributed by atoms with Crippen LogP contribution in [-0.4, -0.2) is 47.1 Å². The Bertz CT molecular complexity index is 732. The predicted octanol–water partition coefficient (Wildman–Crippen LogP) is 2.52. The van der Waals surface area contributed by atoms with Gasteiger partial charge in [0, 0.05) is 25.5 Å². The highest BCUT2D eigenvalue weighted by Gasteiger charge is 2.19. The molecule has 2 aromatic heterocycles. The van der Waals surface area contributed by atoms with E-state index in [4.69, 9.17) is 16.3 Å². The first-order valence-corrected chi connectivity index (χ1v) is 8.19. The van der Waals surface area contributed by atoms with Crippen LogP contribution in [-0.2, 0) is 11.3 Å². The van der Waals surface area contributed by atoms with E-state index >= 15 is 0 Å². The van der Waals surface area contributed by atoms with E-state index < -0.39 is 0 Å². The lowest BCUT2D eigenvalue weighted by Crippen LogP contribution is -2.40. The minimum atomic E-state index is -0.0698. The first kappa shape index (κ1) is 16.7. The van der Waals surface area contributed by atoms with Crippen LogP contribution in [0.3, 0.4) is 0 Å². The van der Waals surface area contributed by atoms with Crippen LogP contribution in [0.1, 0.15) is 21.6 Å². The maximum absolute atomic E-state index is 12.4. The van der Waals surface area contributed by atoms with E-state index in [1.807, 2.05) is 19.1 Å². The number of halogens is 1. The van der Waals surface area contributed by atoms with E-state index in [-0.39, 0.29) is 5.91 Å². The zero-order valence-electron chi connectivity index (χ0n) is 13.5. The lowest BCUT2D eigenvalue weighted by atomic mass is 10.2. The maximum Gasteiger partial charge on any atom is 0.255 e. The van der Waals surface area contributed by atoms with Gasteiger partial charge < -0.3 is 15.0 Å². The van der Waals surface area contributed by atoms with E-state index in [0.717, 1.165) is 11.3 Å². The summed E-state index contributed by atoms with van der Waals surface area (Å²) >= 11 is 6.27. The SMILES string of the molecule is Cc1ccnc(CNc2ncc(C(=O)N3CCOCC3)cc2Cl)c1. The first-order valence-electron chi connectivity index (χ1n) is 7.81. The van der Waals surface area contributed by atoms with Crippen molar-refractivity contribution in [3.63, 3.8) is 0 Å². The highest BCUT2D eigenvalue weighted by molar-refractivity contribution is 6.33. The molecular formula is C17H19ClN4O2. The standard InChI is InChI=1S/C17H19ClN4O2/c1-12-2-3-19-14(8-12)11-21-16-15(18)9-13(10-20-16)17(23)22-4-6-24-7-5-22/h2-3,8-10H,4-7,11H2,1H3,(H,20,21). The van der Waals surface area contributed by atoms with Gasteiger partial charge in [-0.15, -0.1) is 0 Å². The molecule has 1 amide bonds. The molecule has 24 heavy (non-hydrogen) atoms. The first-order chi connectivity index (χ1) is 11.6. The van der Waals surface area contributed by atoms with Gasteiger partial charge in [0.2, 0.25) is 0 Å². The number of rotatable bonds is 4. The average Bonchev–Trinajstić information content (AvgIpc) is 2.61. The second kappa shape index (κ2) is 7.59. The molecule has 0 saturated carbocycles. The summed E-state index contributed by atoms with van der Waals surface area (Å²) in [4.78, 5) is 22.7. The minimum Gasteiger partial charge on any atom is -0.378 e. The molecule has 0 atom stereocenters. The number of hydrogen-bond acceptors (Lipinski definition) is 5. The number of carbonyl (C=O) groups excluding carboxylic acids is 1. The molecule has 0 bridgehead atoms. The summed E-state index contributed by atoms with van der Waals surface area (Å²) in [6.45, 7) is 4.85. The lowest BCUT2D eigenvalue weighted by Gasteiger charge is -2.26. The van der Waals surface area contributed by atoms with E-state index in [1.54, 1.807) is 23.4 Å². The highest BCUT2D eigenvalue weighted by atomic mass is 35.5. The number of amides is 1. The molecule has 0 spiro atoms. The van der Waals surface area contributed by atoms with Crippen LogP contribution in [0.5, 0.6) is 0 Å². The number of carbonyl (C=O) groups is 1. The van der Waals surface area contributed by atoms with Crippen LogP contribution in [0.2, 0.25) is 5.02 Å². The van der Waals surface area contributed by atoms with Gasteiger partial charge in [0.1, 0.15) is 5.82 Å². The van der Waals surface area contributed by atoms with Crippen molar-refractivity contribution < 1.29 is 9.53 Å². The van der Waals surface area contributed by atoms with Gasteiger partial charge in [0.25, 0.3) is 5.91 Å². The third-order valence-corrected chi connectivity index (χ3v) is 4.08. The van der Waals surface area contributed by atoms with Crippen LogP contribution < -0.4 is 5.32 Å². The quantitative estimate of drug-likeness (QED) is 0.921. The number of morpholine rings is 1. The third kappa shape index (κ3) is 4.01. The Labute approximate surface area is 145 Å². The van der Waals surface area contributed by atoms with E-state index in [2.05, 4.69) is 15.3 Å². The normalized spacial score (nSPS) is 14.5. The fourth-order valence-corrected chi connectivity index (χ4v) is 2.74. The summed E-state index contributed by atoms with van der Waals surface area (Å²) in [5, 5.41) is 3.57. The van der Waals surface area contributed by atoms with Gasteiger partial charge in [0.05, 0.1) is 36.0 Å². The fourth-order valence-electron chi connectivity index (χ4n) is 2.50. The monoisotopic (exact) mass is 346 g/mol. The number of ether oxygens (including phenoxy) is 1. The Hall–Kier alpha value is -2.18. The Kier molecular flexibility index (Phi) is 5.27. The predicted molar refractivity (Wildman–Crippen MR) is 92.3 cm³/mol. The molecule has 0 radical (unpaired) electrons. The number of aromatic nitrogens is 2. The number of nitrogens with zero attached hydrogens (tertiary/aromatic N) is 3. The molecular weight excluding hydrogens is 328 g/mol. The van der Waals surface area contributed by atoms with Crippen molar-refractivity contribution in [2.75, 3.05) is 31.6 Å². The van der Waals surface area contributed by atoms with Crippen LogP contribution >= 0.6 is 11.6 Å². The molecule has 126 valence electrons. The van der Waals surface area contributed by atoms with Crippen LogP contribution in [0.15, 0.2) is 30.6 Å². The molecule has 0 unspecified atom stereocenters. The third-order valence-electron chi connectivity index (χ3n) is 3.80. The average molecular weight is 347 g/mol. The van der Waals surface area contributed by atoms with Gasteiger partial charge in [0.15, 0.2) is 0 Å². The van der Waals surface area contributed by atoms with Gasteiger partial charge >= 0.3 is 0 Å². The van der Waals surface area contributed by atoms with Crippen LogP contribution in [0.4, 0.5) is 5.82 Å². The van der Waals surface area contributed by atoms with Crippen molar-refractivity contribution in [1.82, 2.24) is 14.9 Å². The molecule has 1 N–H and O–H groups in total. The summed E-state index contributed by atoms with van der Waals surface area (Å²) in [6, 6.07) is 5.59. The molecule has 6 nitrogen and oxygen atoms in total. The van der Waals surface area contributed by atoms with Gasteiger partial charge in [-0.25, -0.2) is 4.98 Å². The van der Waals surface area contributed by atoms with Gasteiger partial charge in [-0.2, -0.15) is 0 Å². The number of nitrogens with one attached hydrogen (secondary N) is 1. The maximum atomic E-state index is 12.4. The van der Waals surface area contributed by atoms with Crippen molar-refractivity contribution in [1.29, 1.82) is 0 Å². The van der Waals surface area contributed by atoms with Gasteiger partial charge in [-0.1, -0.05) is 11.6 Å². The highest BCUT2D eigenvalue weighted by Crippen LogP contribution is 2.21. The van der Waals surface area contributed by atoms with Crippen LogP contribution in [0, 0.1) is 6.92 Å². The van der Waals surface area contributed by atoms with Gasteiger partial charge in [-0.3, -0.25) is 9.78 Å². The second-order valence-electron chi connectivity index (χ2n) is 5.64. The lowest BCUT2D eigenvalue weighted by molar-refractivity contribution is 0.0302. The number of aryl methyl sites for hydroxylation is 1. The zero-order valence-corrected chi connectivity index (χ0v) is 14.2. The van der Waals surface area contributed by atoms with Crippen molar-refractivity contribution in [2.24, 2.45) is 0 Å². The topological polar surface area (TPSA) is 67.4 Å². The van der Waals surface area contributed by atoms with E-state index in [1.165, 1.54) is 0 Å². The van der Waals surface area contributed by atoms with Crippen molar-refractivity contribution in [3.8, 4) is 0 Å². The van der Waals surface area contributed by atoms with Crippen molar-refractivity contribution >= 4 is 23.3 Å². The summed E-state index contributed by atoms with van der Waals surface area (Å²) in [5.74, 6) is 0.470. The fraction of sp³-hybridized carbons (Fsp3) is 0.353. The molecule has 1 aliphatic rings. The Balaban J connectivity index is 1.67. The molecule has 1 aliphatic heterocycles. The number of pyridine rings is 2. The number of hydrogen-bond donors (Lipinski definition) is 1. The molecule has 0 aliphatic carbocycles. The largest absolute Gasteiger partial charge is 0.378 e. The van der Waals surface area contributed by atoms with Crippen LogP contribution in [0.25, 0.3) is 0 Å². The summed E-state index contributed by atoms with van der Waals surface area (Å²) in [5.41, 5.74) is 2.54. The summed E-state index contributed by atoms with van der Waals surface area (Å²) in [7, 11) is 0. The molecule has 7 heteroatoms. The Morgan fingerprint density at radius 2 is 2.12 bits per heavy atom. The molecule has 0 aromatic carbocycles. The minimum absolute atomic E-state index is 0.0698. The molecule has 3 rings (SSSR count). The van der Waals surface area contributed by atoms with E-state index in [0.29, 0.717) is 49.3 Å². The smallest absolute Gasteiger partial charge is 0.255 e. The molecule has 1 saturated heterocycles. The number of anilines is 1. The summed E-state index contributed by atoms with van der Waals surface area (Å²) in [6.07, 6.45) is 3.32. The van der Waals surface area contributed by atoms with E-state index in [9.17, 15) is 4.79 Å². The second-order valence-corrected chi connectivity index (χ2v) is 6.04. The van der Waals surface area contributed by atoms with Crippen molar-refractivity contribution in [3.05, 3.63) is 52.4 Å². The zero-order chi connectivity index (χ0) is 16.9. The van der Waals surface area contributed by atoms with Gasteiger partial charge in [-0.05, 0) is 30.7 Å². The van der Waals surface area contributed by atoms with Crippen molar-refractivity contribution in [2.45, 2.75) is 13.5 Å². The molecule has 3 heterocycles. The molecule has 1 fully saturated rings. The summed E-state index contributed by atoms with van der Waals surface area (Å²) < 4.78 is 5.26. The molecule has 2 aromatic rings. The Morgan fingerprint density at radius 1 is 1.33 bits per heavy atom.